The van der Waals surface area contributed by atoms with Crippen LogP contribution in [0.4, 0.5) is 10.7 Å². The summed E-state index contributed by atoms with van der Waals surface area (Å²) in [5.74, 6) is 0.640. The molecule has 0 unspecified atom stereocenters. The van der Waals surface area contributed by atoms with Crippen molar-refractivity contribution in [2.45, 2.75) is 56.6 Å². The van der Waals surface area contributed by atoms with E-state index in [2.05, 4.69) is 15.3 Å². The number of rotatable bonds is 3. The minimum Gasteiger partial charge on any atom is -0.446 e. The Morgan fingerprint density at radius 3 is 2.75 bits per heavy atom. The van der Waals surface area contributed by atoms with Crippen molar-refractivity contribution in [3.63, 3.8) is 0 Å². The van der Waals surface area contributed by atoms with Crippen molar-refractivity contribution in [3.05, 3.63) is 18.0 Å². The molecule has 2 atom stereocenters. The van der Waals surface area contributed by atoms with Gasteiger partial charge >= 0.3 is 6.09 Å². The topological polar surface area (TPSA) is 90.1 Å². The fourth-order valence-corrected chi connectivity index (χ4v) is 2.65. The SMILES string of the molecule is CC1(NC(=O)O[C@@H]2CC[C@H](c3cnc(N)nc3)C2)CC1. The summed E-state index contributed by atoms with van der Waals surface area (Å²) in [5, 5.41) is 2.92. The van der Waals surface area contributed by atoms with Crippen LogP contribution in [0.3, 0.4) is 0 Å². The van der Waals surface area contributed by atoms with Crippen molar-refractivity contribution in [2.24, 2.45) is 0 Å². The normalized spacial score (nSPS) is 27.1. The summed E-state index contributed by atoms with van der Waals surface area (Å²) in [5.41, 5.74) is 6.52. The van der Waals surface area contributed by atoms with Crippen LogP contribution in [0.15, 0.2) is 12.4 Å². The van der Waals surface area contributed by atoms with Crippen LogP contribution in [0.25, 0.3) is 0 Å². The van der Waals surface area contributed by atoms with Crippen LogP contribution in [-0.4, -0.2) is 27.7 Å². The van der Waals surface area contributed by atoms with E-state index >= 15 is 0 Å². The second kappa shape index (κ2) is 4.92. The van der Waals surface area contributed by atoms with Gasteiger partial charge in [0.15, 0.2) is 0 Å². The van der Waals surface area contributed by atoms with Gasteiger partial charge in [-0.15, -0.1) is 0 Å². The van der Waals surface area contributed by atoms with Gasteiger partial charge in [-0.25, -0.2) is 14.8 Å². The monoisotopic (exact) mass is 276 g/mol. The Hall–Kier alpha value is -1.85. The Kier molecular flexibility index (Phi) is 3.23. The maximum atomic E-state index is 11.8. The van der Waals surface area contributed by atoms with Crippen molar-refractivity contribution in [1.82, 2.24) is 15.3 Å². The number of hydrogen-bond donors (Lipinski definition) is 2. The Bertz CT molecular complexity index is 498. The van der Waals surface area contributed by atoms with E-state index in [0.717, 1.165) is 37.7 Å². The van der Waals surface area contributed by atoms with E-state index in [1.54, 1.807) is 12.4 Å². The number of hydrogen-bond acceptors (Lipinski definition) is 5. The van der Waals surface area contributed by atoms with Gasteiger partial charge in [-0.3, -0.25) is 0 Å². The fourth-order valence-electron chi connectivity index (χ4n) is 2.65. The first-order valence-electron chi connectivity index (χ1n) is 7.10. The van der Waals surface area contributed by atoms with Gasteiger partial charge in [0, 0.05) is 17.9 Å². The third kappa shape index (κ3) is 3.00. The van der Waals surface area contributed by atoms with Gasteiger partial charge in [0.2, 0.25) is 5.95 Å². The number of nitrogens with two attached hydrogens (primary N) is 1. The highest BCUT2D eigenvalue weighted by molar-refractivity contribution is 5.69. The zero-order chi connectivity index (χ0) is 14.2. The highest BCUT2D eigenvalue weighted by Crippen LogP contribution is 2.37. The molecule has 6 nitrogen and oxygen atoms in total. The molecule has 1 heterocycles. The quantitative estimate of drug-likeness (QED) is 0.881. The lowest BCUT2D eigenvalue weighted by Crippen LogP contribution is -2.36. The number of amides is 1. The molecule has 2 fully saturated rings. The molecule has 1 aromatic rings. The largest absolute Gasteiger partial charge is 0.446 e. The summed E-state index contributed by atoms with van der Waals surface area (Å²) in [6.45, 7) is 2.04. The van der Waals surface area contributed by atoms with Crippen LogP contribution in [0, 0.1) is 0 Å². The van der Waals surface area contributed by atoms with Crippen LogP contribution in [0.2, 0.25) is 0 Å². The lowest BCUT2D eigenvalue weighted by Gasteiger charge is -2.16. The highest BCUT2D eigenvalue weighted by atomic mass is 16.6. The van der Waals surface area contributed by atoms with Gasteiger partial charge in [-0.05, 0) is 50.5 Å². The molecule has 2 saturated carbocycles. The molecule has 108 valence electrons. The summed E-state index contributed by atoms with van der Waals surface area (Å²) >= 11 is 0. The number of nitrogens with zero attached hydrogens (tertiary/aromatic N) is 2. The second-order valence-corrected chi connectivity index (χ2v) is 6.10. The van der Waals surface area contributed by atoms with E-state index in [1.165, 1.54) is 0 Å². The van der Waals surface area contributed by atoms with Crippen LogP contribution >= 0.6 is 0 Å². The Labute approximate surface area is 118 Å². The Balaban J connectivity index is 1.51. The number of carbonyl (C=O) groups is 1. The standard InChI is InChI=1S/C14H20N4O2/c1-14(4-5-14)18-13(19)20-11-3-2-9(6-11)10-7-16-12(15)17-8-10/h7-9,11H,2-6H2,1H3,(H,18,19)(H2,15,16,17)/t9-,11+/m0/s1. The molecule has 2 aliphatic carbocycles. The smallest absolute Gasteiger partial charge is 0.407 e. The van der Waals surface area contributed by atoms with E-state index in [4.69, 9.17) is 10.5 Å². The van der Waals surface area contributed by atoms with Gasteiger partial charge in [-0.1, -0.05) is 0 Å². The molecular formula is C14H20N4O2. The van der Waals surface area contributed by atoms with Crippen molar-refractivity contribution in [1.29, 1.82) is 0 Å². The summed E-state index contributed by atoms with van der Waals surface area (Å²) in [7, 11) is 0. The van der Waals surface area contributed by atoms with Crippen LogP contribution < -0.4 is 11.1 Å². The molecule has 0 spiro atoms. The molecule has 3 N–H and O–H groups in total. The number of nitrogen functional groups attached to an aromatic ring is 1. The van der Waals surface area contributed by atoms with Crippen LogP contribution in [-0.2, 0) is 4.74 Å². The number of ether oxygens (including phenoxy) is 1. The predicted octanol–water partition coefficient (Wildman–Crippen LogP) is 1.97. The molecule has 0 aromatic carbocycles. The maximum Gasteiger partial charge on any atom is 0.407 e. The van der Waals surface area contributed by atoms with Gasteiger partial charge in [0.05, 0.1) is 0 Å². The molecule has 1 aromatic heterocycles. The molecule has 0 bridgehead atoms. The summed E-state index contributed by atoms with van der Waals surface area (Å²) < 4.78 is 5.49. The van der Waals surface area contributed by atoms with Crippen LogP contribution in [0.5, 0.6) is 0 Å². The second-order valence-electron chi connectivity index (χ2n) is 6.10. The highest BCUT2D eigenvalue weighted by Gasteiger charge is 2.40. The summed E-state index contributed by atoms with van der Waals surface area (Å²) in [4.78, 5) is 19.8. The lowest BCUT2D eigenvalue weighted by molar-refractivity contribution is 0.0967. The van der Waals surface area contributed by atoms with Crippen molar-refractivity contribution >= 4 is 12.0 Å². The molecule has 0 saturated heterocycles. The third-order valence-corrected chi connectivity index (χ3v) is 4.23. The average Bonchev–Trinajstić information content (AvgIpc) is 2.94. The first-order chi connectivity index (χ1) is 9.54. The summed E-state index contributed by atoms with van der Waals surface area (Å²) in [6.07, 6.45) is 8.01. The molecule has 1 amide bonds. The van der Waals surface area contributed by atoms with E-state index in [-0.39, 0.29) is 23.7 Å². The van der Waals surface area contributed by atoms with E-state index in [9.17, 15) is 4.79 Å². The van der Waals surface area contributed by atoms with Crippen molar-refractivity contribution in [2.75, 3.05) is 5.73 Å². The fraction of sp³-hybridized carbons (Fsp3) is 0.643. The third-order valence-electron chi connectivity index (χ3n) is 4.23. The van der Waals surface area contributed by atoms with Gasteiger partial charge in [0.1, 0.15) is 6.10 Å². The van der Waals surface area contributed by atoms with Gasteiger partial charge in [-0.2, -0.15) is 0 Å². The molecule has 0 aliphatic heterocycles. The molecule has 0 radical (unpaired) electrons. The molecule has 3 rings (SSSR count). The molecule has 2 aliphatic rings. The van der Waals surface area contributed by atoms with Gasteiger partial charge in [0.25, 0.3) is 0 Å². The van der Waals surface area contributed by atoms with Gasteiger partial charge < -0.3 is 15.8 Å². The number of anilines is 1. The van der Waals surface area contributed by atoms with Crippen molar-refractivity contribution in [3.8, 4) is 0 Å². The van der Waals surface area contributed by atoms with Crippen LogP contribution in [0.1, 0.15) is 50.5 Å². The number of alkyl carbamates (subject to hydrolysis) is 1. The minimum absolute atomic E-state index is 0.0140. The zero-order valence-corrected chi connectivity index (χ0v) is 11.6. The first-order valence-corrected chi connectivity index (χ1v) is 7.10. The Morgan fingerprint density at radius 2 is 2.10 bits per heavy atom. The average molecular weight is 276 g/mol. The Morgan fingerprint density at radius 1 is 1.40 bits per heavy atom. The molecular weight excluding hydrogens is 256 g/mol. The van der Waals surface area contributed by atoms with E-state index in [1.807, 2.05) is 6.92 Å². The number of nitrogens with one attached hydrogen (secondary N) is 1. The molecule has 6 heteroatoms. The maximum absolute atomic E-state index is 11.8. The van der Waals surface area contributed by atoms with Crippen molar-refractivity contribution < 1.29 is 9.53 Å². The number of aromatic nitrogens is 2. The predicted molar refractivity (Wildman–Crippen MR) is 74.1 cm³/mol. The lowest BCUT2D eigenvalue weighted by atomic mass is 10.0. The summed E-state index contributed by atoms with van der Waals surface area (Å²) in [6, 6.07) is 0. The minimum atomic E-state index is -0.288. The molecule has 20 heavy (non-hydrogen) atoms. The van der Waals surface area contributed by atoms with E-state index < -0.39 is 0 Å². The zero-order valence-electron chi connectivity index (χ0n) is 11.6. The first kappa shape index (κ1) is 13.1. The number of carbonyl (C=O) groups excluding carboxylic acids is 1. The van der Waals surface area contributed by atoms with E-state index in [0.29, 0.717) is 5.92 Å².